The Kier molecular flexibility index (Phi) is 8.26. The Morgan fingerprint density at radius 3 is 2.24 bits per heavy atom. The summed E-state index contributed by atoms with van der Waals surface area (Å²) in [6.07, 6.45) is 3.81. The predicted molar refractivity (Wildman–Crippen MR) is 172 cm³/mol. The molecule has 0 radical (unpaired) electrons. The summed E-state index contributed by atoms with van der Waals surface area (Å²) in [5, 5.41) is 0. The lowest BCUT2D eigenvalue weighted by Gasteiger charge is -2.41. The monoisotopic (exact) mass is 620 g/mol. The molecule has 0 N–H and O–H groups in total. The number of piperidine rings is 1. The second-order valence-electron chi connectivity index (χ2n) is 12.4. The van der Waals surface area contributed by atoms with E-state index in [1.165, 1.54) is 23.1 Å². The van der Waals surface area contributed by atoms with Crippen molar-refractivity contribution in [2.45, 2.75) is 51.3 Å². The molecule has 0 unspecified atom stereocenters. The molecular weight excluding hydrogens is 584 g/mol. The van der Waals surface area contributed by atoms with E-state index in [-0.39, 0.29) is 17.7 Å². The molecule has 2 aromatic carbocycles. The normalized spacial score (nSPS) is 16.6. The van der Waals surface area contributed by atoms with Crippen LogP contribution in [0.5, 0.6) is 5.88 Å². The second kappa shape index (κ2) is 12.3. The molecule has 2 aliphatic heterocycles. The highest BCUT2D eigenvalue weighted by molar-refractivity contribution is 6.30. The van der Waals surface area contributed by atoms with Crippen molar-refractivity contribution in [3.05, 3.63) is 96.4 Å². The number of amides is 3. The molecule has 3 amide bonds. The standard InChI is InChI=1S/C35H36N6O5/c1-34(2,3)46-30(42)27-11-8-19-36-28(27)23-39-21-17-35(18-22-39)31(43)40(33(44)41(35)32-37-20-16-29(38-32)45-4)26-14-12-25(13-15-26)24-9-6-5-7-10-24/h5-16,19-20H,17-18,21-23H2,1-4H3. The maximum Gasteiger partial charge on any atom is 0.340 e. The van der Waals surface area contributed by atoms with Crippen LogP contribution >= 0.6 is 0 Å². The number of carbonyl (C=O) groups is 3. The summed E-state index contributed by atoms with van der Waals surface area (Å²) in [7, 11) is 1.49. The Morgan fingerprint density at radius 2 is 1.57 bits per heavy atom. The Hall–Kier alpha value is -5.16. The van der Waals surface area contributed by atoms with Gasteiger partial charge in [-0.15, -0.1) is 0 Å². The van der Waals surface area contributed by atoms with Gasteiger partial charge in [-0.1, -0.05) is 42.5 Å². The lowest BCUT2D eigenvalue weighted by Crippen LogP contribution is -2.57. The second-order valence-corrected chi connectivity index (χ2v) is 12.4. The molecule has 46 heavy (non-hydrogen) atoms. The first-order chi connectivity index (χ1) is 22.1. The topological polar surface area (TPSA) is 118 Å². The van der Waals surface area contributed by atoms with Gasteiger partial charge >= 0.3 is 12.0 Å². The molecule has 6 rings (SSSR count). The average molecular weight is 621 g/mol. The van der Waals surface area contributed by atoms with Crippen LogP contribution in [0.2, 0.25) is 0 Å². The first-order valence-corrected chi connectivity index (χ1v) is 15.2. The molecule has 0 saturated carbocycles. The van der Waals surface area contributed by atoms with Gasteiger partial charge in [-0.05, 0) is 69.0 Å². The molecule has 2 fully saturated rings. The third-order valence-electron chi connectivity index (χ3n) is 8.24. The van der Waals surface area contributed by atoms with Gasteiger partial charge < -0.3 is 9.47 Å². The van der Waals surface area contributed by atoms with Crippen molar-refractivity contribution in [1.29, 1.82) is 0 Å². The molecule has 0 aliphatic carbocycles. The van der Waals surface area contributed by atoms with Gasteiger partial charge in [0.25, 0.3) is 5.91 Å². The highest BCUT2D eigenvalue weighted by atomic mass is 16.6. The zero-order valence-corrected chi connectivity index (χ0v) is 26.3. The number of anilines is 2. The zero-order valence-electron chi connectivity index (χ0n) is 26.3. The predicted octanol–water partition coefficient (Wildman–Crippen LogP) is 5.51. The summed E-state index contributed by atoms with van der Waals surface area (Å²) in [6, 6.07) is 21.8. The van der Waals surface area contributed by atoms with E-state index in [0.29, 0.717) is 49.4 Å². The van der Waals surface area contributed by atoms with Crippen LogP contribution in [-0.4, -0.2) is 69.1 Å². The molecule has 1 spiro atoms. The summed E-state index contributed by atoms with van der Waals surface area (Å²) in [6.45, 7) is 6.78. The fourth-order valence-corrected chi connectivity index (χ4v) is 5.98. The Labute approximate surface area is 267 Å². The van der Waals surface area contributed by atoms with Crippen molar-refractivity contribution in [2.75, 3.05) is 30.0 Å². The van der Waals surface area contributed by atoms with Crippen LogP contribution in [0.1, 0.15) is 49.7 Å². The number of benzene rings is 2. The molecule has 4 heterocycles. The van der Waals surface area contributed by atoms with Gasteiger partial charge in [0.15, 0.2) is 0 Å². The number of likely N-dealkylation sites (tertiary alicyclic amines) is 1. The largest absolute Gasteiger partial charge is 0.481 e. The number of hydrogen-bond acceptors (Lipinski definition) is 9. The molecule has 11 nitrogen and oxygen atoms in total. The zero-order chi connectivity index (χ0) is 32.5. The molecule has 0 bridgehead atoms. The fourth-order valence-electron chi connectivity index (χ4n) is 5.98. The molecule has 2 aliphatic rings. The number of ether oxygens (including phenoxy) is 2. The molecule has 2 saturated heterocycles. The van der Waals surface area contributed by atoms with Crippen molar-refractivity contribution < 1.29 is 23.9 Å². The number of pyridine rings is 1. The first kappa shape index (κ1) is 30.8. The minimum Gasteiger partial charge on any atom is -0.481 e. The smallest absolute Gasteiger partial charge is 0.340 e. The van der Waals surface area contributed by atoms with Crippen molar-refractivity contribution in [1.82, 2.24) is 19.9 Å². The van der Waals surface area contributed by atoms with Gasteiger partial charge in [-0.25, -0.2) is 24.4 Å². The van der Waals surface area contributed by atoms with Gasteiger partial charge in [0.05, 0.1) is 24.1 Å². The Morgan fingerprint density at radius 1 is 0.870 bits per heavy atom. The number of hydrogen-bond donors (Lipinski definition) is 0. The SMILES string of the molecule is COc1ccnc(N2C(=O)N(c3ccc(-c4ccccc4)cc3)C(=O)C23CCN(Cc2ncccc2C(=O)OC(C)(C)C)CC3)n1. The van der Waals surface area contributed by atoms with Gasteiger partial charge in [-0.2, -0.15) is 4.98 Å². The molecule has 4 aromatic rings. The number of esters is 1. The van der Waals surface area contributed by atoms with E-state index in [0.717, 1.165) is 11.1 Å². The maximum absolute atomic E-state index is 14.4. The van der Waals surface area contributed by atoms with Crippen LogP contribution in [0.15, 0.2) is 85.2 Å². The first-order valence-electron chi connectivity index (χ1n) is 15.2. The van der Waals surface area contributed by atoms with Crippen LogP contribution in [0.25, 0.3) is 11.1 Å². The van der Waals surface area contributed by atoms with Crippen LogP contribution in [0.4, 0.5) is 16.4 Å². The number of imide groups is 1. The van der Waals surface area contributed by atoms with Crippen molar-refractivity contribution in [2.24, 2.45) is 0 Å². The van der Waals surface area contributed by atoms with Crippen LogP contribution in [-0.2, 0) is 16.1 Å². The van der Waals surface area contributed by atoms with E-state index in [2.05, 4.69) is 19.9 Å². The highest BCUT2D eigenvalue weighted by Crippen LogP contribution is 2.42. The third kappa shape index (κ3) is 5.93. The highest BCUT2D eigenvalue weighted by Gasteiger charge is 2.60. The quantitative estimate of drug-likeness (QED) is 0.195. The van der Waals surface area contributed by atoms with E-state index in [1.54, 1.807) is 36.5 Å². The number of urea groups is 1. The average Bonchev–Trinajstić information content (AvgIpc) is 3.26. The van der Waals surface area contributed by atoms with Crippen molar-refractivity contribution in [3.8, 4) is 17.0 Å². The molecule has 11 heteroatoms. The fraction of sp³-hybridized carbons (Fsp3) is 0.314. The summed E-state index contributed by atoms with van der Waals surface area (Å²) < 4.78 is 10.9. The van der Waals surface area contributed by atoms with Gasteiger partial charge in [0, 0.05) is 38.1 Å². The van der Waals surface area contributed by atoms with E-state index in [4.69, 9.17) is 9.47 Å². The number of aromatic nitrogens is 3. The Balaban J connectivity index is 1.28. The number of methoxy groups -OCH3 is 1. The van der Waals surface area contributed by atoms with E-state index < -0.39 is 23.1 Å². The molecule has 0 atom stereocenters. The summed E-state index contributed by atoms with van der Waals surface area (Å²) in [5.74, 6) is -0.376. The Bertz CT molecular complexity index is 1750. The number of rotatable bonds is 7. The summed E-state index contributed by atoms with van der Waals surface area (Å²) in [4.78, 5) is 59.6. The minimum absolute atomic E-state index is 0.103. The number of carbonyl (C=O) groups excluding carboxylic acids is 3. The maximum atomic E-state index is 14.4. The van der Waals surface area contributed by atoms with Gasteiger partial charge in [0.1, 0.15) is 11.1 Å². The van der Waals surface area contributed by atoms with E-state index in [9.17, 15) is 14.4 Å². The van der Waals surface area contributed by atoms with Crippen LogP contribution in [0.3, 0.4) is 0 Å². The van der Waals surface area contributed by atoms with E-state index in [1.807, 2.05) is 63.2 Å². The molecule has 236 valence electrons. The lowest BCUT2D eigenvalue weighted by molar-refractivity contribution is -0.123. The van der Waals surface area contributed by atoms with Crippen molar-refractivity contribution in [3.63, 3.8) is 0 Å². The molecular formula is C35H36N6O5. The van der Waals surface area contributed by atoms with Crippen LogP contribution < -0.4 is 14.5 Å². The lowest BCUT2D eigenvalue weighted by atomic mass is 9.85. The molecule has 2 aromatic heterocycles. The van der Waals surface area contributed by atoms with Gasteiger partial charge in [-0.3, -0.25) is 14.7 Å². The minimum atomic E-state index is -1.21. The summed E-state index contributed by atoms with van der Waals surface area (Å²) >= 11 is 0. The third-order valence-corrected chi connectivity index (χ3v) is 8.24. The van der Waals surface area contributed by atoms with Crippen molar-refractivity contribution >= 4 is 29.5 Å². The summed E-state index contributed by atoms with van der Waals surface area (Å²) in [5.41, 5.74) is 1.62. The van der Waals surface area contributed by atoms with E-state index >= 15 is 0 Å². The van der Waals surface area contributed by atoms with Crippen LogP contribution in [0, 0.1) is 0 Å². The number of nitrogens with zero attached hydrogens (tertiary/aromatic N) is 6. The van der Waals surface area contributed by atoms with Gasteiger partial charge in [0.2, 0.25) is 11.8 Å².